The highest BCUT2D eigenvalue weighted by molar-refractivity contribution is 8.00. The first-order valence-electron chi connectivity index (χ1n) is 8.49. The minimum absolute atomic E-state index is 0.419. The molecule has 0 radical (unpaired) electrons. The second-order valence-electron chi connectivity index (χ2n) is 5.87. The Balaban J connectivity index is 2.37. The fraction of sp³-hybridized carbons (Fsp3) is 0.647. The van der Waals surface area contributed by atoms with Crippen LogP contribution in [0.15, 0.2) is 5.16 Å². The minimum Gasteiger partial charge on any atom is -0.468 e. The van der Waals surface area contributed by atoms with Crippen LogP contribution in [-0.2, 0) is 25.4 Å². The second kappa shape index (κ2) is 9.29. The van der Waals surface area contributed by atoms with E-state index >= 15 is 0 Å². The van der Waals surface area contributed by atoms with Crippen molar-refractivity contribution in [1.82, 2.24) is 19.6 Å². The predicted molar refractivity (Wildman–Crippen MR) is 98.3 cm³/mol. The highest BCUT2D eigenvalue weighted by Crippen LogP contribution is 2.26. The molecule has 8 nitrogen and oxygen atoms in total. The molecule has 0 spiro atoms. The molecule has 144 valence electrons. The molecule has 1 unspecified atom stereocenters. The lowest BCUT2D eigenvalue weighted by atomic mass is 10.1. The van der Waals surface area contributed by atoms with Crippen LogP contribution in [-0.4, -0.2) is 58.4 Å². The van der Waals surface area contributed by atoms with Crippen molar-refractivity contribution in [1.29, 1.82) is 0 Å². The van der Waals surface area contributed by atoms with Crippen LogP contribution in [0.25, 0.3) is 5.78 Å². The van der Waals surface area contributed by atoms with Crippen LogP contribution in [0.4, 0.5) is 0 Å². The van der Waals surface area contributed by atoms with Crippen molar-refractivity contribution in [3.8, 4) is 0 Å². The summed E-state index contributed by atoms with van der Waals surface area (Å²) in [5, 5.41) is 4.19. The van der Waals surface area contributed by atoms with Gasteiger partial charge in [-0.25, -0.2) is 9.50 Å². The first-order chi connectivity index (χ1) is 12.5. The van der Waals surface area contributed by atoms with E-state index < -0.39 is 17.5 Å². The average molecular weight is 382 g/mol. The van der Waals surface area contributed by atoms with Crippen LogP contribution in [0.5, 0.6) is 0 Å². The van der Waals surface area contributed by atoms with Crippen LogP contribution in [0.1, 0.15) is 36.7 Å². The molecule has 0 saturated heterocycles. The van der Waals surface area contributed by atoms with Gasteiger partial charge >= 0.3 is 5.97 Å². The number of esters is 1. The van der Waals surface area contributed by atoms with Gasteiger partial charge in [0.15, 0.2) is 11.5 Å². The normalized spacial score (nSPS) is 12.7. The third kappa shape index (κ3) is 4.33. The summed E-state index contributed by atoms with van der Waals surface area (Å²) >= 11 is 1.14. The van der Waals surface area contributed by atoms with E-state index in [0.29, 0.717) is 10.9 Å². The predicted octanol–water partition coefficient (Wildman–Crippen LogP) is 2.34. The van der Waals surface area contributed by atoms with Crippen LogP contribution in [0.2, 0.25) is 0 Å². The van der Waals surface area contributed by atoms with Gasteiger partial charge in [-0.15, -0.1) is 5.10 Å². The Kier molecular flexibility index (Phi) is 7.36. The van der Waals surface area contributed by atoms with Crippen molar-refractivity contribution in [3.63, 3.8) is 0 Å². The molecule has 2 heterocycles. The molecule has 0 bridgehead atoms. The number of fused-ring (bicyclic) bond motifs is 1. The van der Waals surface area contributed by atoms with Gasteiger partial charge in [0.05, 0.1) is 7.11 Å². The summed E-state index contributed by atoms with van der Waals surface area (Å²) in [5.74, 6) is 0.0461. The van der Waals surface area contributed by atoms with Crippen LogP contribution in [0.3, 0.4) is 0 Å². The summed E-state index contributed by atoms with van der Waals surface area (Å²) < 4.78 is 17.0. The molecule has 0 saturated carbocycles. The first-order valence-corrected chi connectivity index (χ1v) is 9.37. The number of ether oxygens (including phenoxy) is 3. The molecule has 0 aromatic carbocycles. The number of aromatic nitrogens is 4. The molecule has 2 aromatic rings. The zero-order chi connectivity index (χ0) is 19.3. The van der Waals surface area contributed by atoms with Gasteiger partial charge in [0.25, 0.3) is 5.78 Å². The molecule has 2 aromatic heterocycles. The monoisotopic (exact) mass is 382 g/mol. The van der Waals surface area contributed by atoms with Crippen molar-refractivity contribution in [2.24, 2.45) is 0 Å². The zero-order valence-electron chi connectivity index (χ0n) is 16.1. The number of methoxy groups -OCH3 is 3. The summed E-state index contributed by atoms with van der Waals surface area (Å²) in [7, 11) is 4.26. The van der Waals surface area contributed by atoms with E-state index in [4.69, 9.17) is 14.2 Å². The maximum absolute atomic E-state index is 12.1. The maximum Gasteiger partial charge on any atom is 0.324 e. The summed E-state index contributed by atoms with van der Waals surface area (Å²) in [6, 6.07) is 0. The molecule has 26 heavy (non-hydrogen) atoms. The largest absolute Gasteiger partial charge is 0.468 e. The second-order valence-corrected chi connectivity index (χ2v) is 6.98. The lowest BCUT2D eigenvalue weighted by Gasteiger charge is -2.20. The standard InChI is InChI=1S/C17H26N4O4S/c1-7-8-9-12-10(2)18-16-19-17(20-21(16)11(12)3)26-13(14(22)23-4)15(24-5)25-6/h13,15H,7-9H2,1-6H3. The van der Waals surface area contributed by atoms with Gasteiger partial charge < -0.3 is 14.2 Å². The Bertz CT molecular complexity index is 761. The Morgan fingerprint density at radius 3 is 2.46 bits per heavy atom. The number of hydrogen-bond acceptors (Lipinski definition) is 8. The van der Waals surface area contributed by atoms with Gasteiger partial charge in [0.1, 0.15) is 0 Å². The molecule has 9 heteroatoms. The molecular formula is C17H26N4O4S. The fourth-order valence-corrected chi connectivity index (χ4v) is 3.76. The maximum atomic E-state index is 12.1. The Morgan fingerprint density at radius 2 is 1.88 bits per heavy atom. The summed E-state index contributed by atoms with van der Waals surface area (Å²) in [4.78, 5) is 21.1. The van der Waals surface area contributed by atoms with Gasteiger partial charge in [-0.3, -0.25) is 4.79 Å². The van der Waals surface area contributed by atoms with Crippen LogP contribution < -0.4 is 0 Å². The quantitative estimate of drug-likeness (QED) is 0.371. The number of carbonyl (C=O) groups is 1. The summed E-state index contributed by atoms with van der Waals surface area (Å²) in [5.41, 5.74) is 3.17. The van der Waals surface area contributed by atoms with Crippen LogP contribution >= 0.6 is 11.8 Å². The average Bonchev–Trinajstić information content (AvgIpc) is 3.03. The number of aryl methyl sites for hydroxylation is 2. The molecule has 1 atom stereocenters. The first kappa shape index (κ1) is 20.6. The topological polar surface area (TPSA) is 87.8 Å². The molecule has 0 fully saturated rings. The summed E-state index contributed by atoms with van der Waals surface area (Å²) in [6.07, 6.45) is 2.40. The fourth-order valence-electron chi connectivity index (χ4n) is 2.74. The smallest absolute Gasteiger partial charge is 0.324 e. The van der Waals surface area contributed by atoms with Gasteiger partial charge in [-0.05, 0) is 32.3 Å². The van der Waals surface area contributed by atoms with Crippen molar-refractivity contribution in [3.05, 3.63) is 17.0 Å². The van der Waals surface area contributed by atoms with Crippen molar-refractivity contribution >= 4 is 23.5 Å². The Morgan fingerprint density at radius 1 is 1.19 bits per heavy atom. The number of nitrogens with zero attached hydrogens (tertiary/aromatic N) is 4. The Hall–Kier alpha value is -1.71. The number of hydrogen-bond donors (Lipinski definition) is 0. The SMILES string of the molecule is CCCCc1c(C)nc2nc(SC(C(=O)OC)C(OC)OC)nn2c1C. The highest BCUT2D eigenvalue weighted by atomic mass is 32.2. The van der Waals surface area contributed by atoms with Gasteiger partial charge in [-0.1, -0.05) is 25.1 Å². The molecule has 0 amide bonds. The van der Waals surface area contributed by atoms with Gasteiger partial charge in [0, 0.05) is 25.6 Å². The minimum atomic E-state index is -0.769. The van der Waals surface area contributed by atoms with Gasteiger partial charge in [-0.2, -0.15) is 4.98 Å². The Labute approximate surface area is 157 Å². The van der Waals surface area contributed by atoms with Crippen molar-refractivity contribution in [2.75, 3.05) is 21.3 Å². The molecule has 0 aliphatic carbocycles. The molecular weight excluding hydrogens is 356 g/mol. The molecule has 2 rings (SSSR count). The van der Waals surface area contributed by atoms with E-state index in [0.717, 1.165) is 42.4 Å². The number of carbonyl (C=O) groups excluding carboxylic acids is 1. The molecule has 0 aliphatic rings. The van der Waals surface area contributed by atoms with E-state index in [1.807, 2.05) is 13.8 Å². The van der Waals surface area contributed by atoms with E-state index in [9.17, 15) is 4.79 Å². The van der Waals surface area contributed by atoms with E-state index in [-0.39, 0.29) is 0 Å². The van der Waals surface area contributed by atoms with E-state index in [1.54, 1.807) is 4.52 Å². The van der Waals surface area contributed by atoms with Crippen molar-refractivity contribution in [2.45, 2.75) is 56.7 Å². The molecule has 0 aliphatic heterocycles. The van der Waals surface area contributed by atoms with Gasteiger partial charge in [0.2, 0.25) is 5.16 Å². The third-order valence-electron chi connectivity index (χ3n) is 4.19. The molecule has 0 N–H and O–H groups in total. The van der Waals surface area contributed by atoms with Crippen LogP contribution in [0, 0.1) is 13.8 Å². The van der Waals surface area contributed by atoms with Crippen molar-refractivity contribution < 1.29 is 19.0 Å². The highest BCUT2D eigenvalue weighted by Gasteiger charge is 2.32. The lowest BCUT2D eigenvalue weighted by Crippen LogP contribution is -2.35. The zero-order valence-corrected chi connectivity index (χ0v) is 16.9. The van der Waals surface area contributed by atoms with E-state index in [1.165, 1.54) is 26.9 Å². The third-order valence-corrected chi connectivity index (χ3v) is 5.24. The summed E-state index contributed by atoms with van der Waals surface area (Å²) in [6.45, 7) is 6.17. The van der Waals surface area contributed by atoms with E-state index in [2.05, 4.69) is 22.0 Å². The number of thioether (sulfide) groups is 1. The number of unbranched alkanes of at least 4 members (excludes halogenated alkanes) is 1. The lowest BCUT2D eigenvalue weighted by molar-refractivity contribution is -0.154. The number of rotatable bonds is 9.